The van der Waals surface area contributed by atoms with Crippen molar-refractivity contribution in [2.24, 2.45) is 7.05 Å². The molecule has 0 unspecified atom stereocenters. The smallest absolute Gasteiger partial charge is 0.435 e. The summed E-state index contributed by atoms with van der Waals surface area (Å²) in [5.41, 5.74) is -4.16. The molecule has 2 aromatic heterocycles. The topological polar surface area (TPSA) is 65.2 Å². The molecule has 3 aromatic rings. The fourth-order valence-corrected chi connectivity index (χ4v) is 3.21. The maximum atomic E-state index is 13.9. The van der Waals surface area contributed by atoms with E-state index in [1.165, 1.54) is 24.0 Å². The molecule has 0 radical (unpaired) electrons. The van der Waals surface area contributed by atoms with Crippen LogP contribution in [0.1, 0.15) is 11.3 Å². The minimum Gasteiger partial charge on any atom is -0.452 e. The number of alkyl halides is 6. The van der Waals surface area contributed by atoms with Crippen LogP contribution in [0.2, 0.25) is 5.02 Å². The number of aromatic nitrogens is 4. The Kier molecular flexibility index (Phi) is 5.89. The number of anilines is 1. The molecule has 7 nitrogen and oxygen atoms in total. The summed E-state index contributed by atoms with van der Waals surface area (Å²) in [4.78, 5) is 12.9. The van der Waals surface area contributed by atoms with Crippen molar-refractivity contribution in [3.63, 3.8) is 0 Å². The van der Waals surface area contributed by atoms with Crippen molar-refractivity contribution >= 4 is 23.5 Å². The van der Waals surface area contributed by atoms with Gasteiger partial charge in [0.1, 0.15) is 0 Å². The molecule has 0 bridgehead atoms. The molecule has 0 aliphatic rings. The normalized spacial score (nSPS) is 12.2. The third-order valence-electron chi connectivity index (χ3n) is 4.33. The molecule has 3 rings (SSSR count). The van der Waals surface area contributed by atoms with Crippen molar-refractivity contribution in [2.45, 2.75) is 12.4 Å². The number of amides is 1. The van der Waals surface area contributed by atoms with Gasteiger partial charge in [0, 0.05) is 31.4 Å². The van der Waals surface area contributed by atoms with Crippen LogP contribution < -0.4 is 4.90 Å². The Balaban J connectivity index is 2.44. The Bertz CT molecular complexity index is 1170. The summed E-state index contributed by atoms with van der Waals surface area (Å²) in [6, 6.07) is 3.30. The maximum Gasteiger partial charge on any atom is 0.435 e. The lowest BCUT2D eigenvalue weighted by atomic mass is 10.0. The number of ether oxygens (including phenoxy) is 1. The first kappa shape index (κ1) is 23.4. The van der Waals surface area contributed by atoms with E-state index in [1.54, 1.807) is 0 Å². The minimum atomic E-state index is -5.10. The summed E-state index contributed by atoms with van der Waals surface area (Å²) in [6.45, 7) is 0. The zero-order valence-electron chi connectivity index (χ0n) is 16.6. The first-order chi connectivity index (χ1) is 14.7. The minimum absolute atomic E-state index is 0.118. The van der Waals surface area contributed by atoms with E-state index in [9.17, 15) is 31.1 Å². The van der Waals surface area contributed by atoms with E-state index in [0.29, 0.717) is 21.7 Å². The van der Waals surface area contributed by atoms with Gasteiger partial charge in [-0.25, -0.2) is 4.79 Å². The molecule has 0 saturated heterocycles. The van der Waals surface area contributed by atoms with Crippen molar-refractivity contribution in [1.82, 2.24) is 19.6 Å². The van der Waals surface area contributed by atoms with Crippen LogP contribution in [0.3, 0.4) is 0 Å². The molecular weight excluding hydrogens is 468 g/mol. The third kappa shape index (κ3) is 4.38. The number of carbonyl (C=O) groups is 1. The van der Waals surface area contributed by atoms with E-state index >= 15 is 0 Å². The Morgan fingerprint density at radius 2 is 1.75 bits per heavy atom. The van der Waals surface area contributed by atoms with Gasteiger partial charge in [-0.1, -0.05) is 11.6 Å². The van der Waals surface area contributed by atoms with Gasteiger partial charge in [0.05, 0.1) is 18.2 Å². The zero-order valence-corrected chi connectivity index (χ0v) is 17.3. The molecule has 14 heteroatoms. The van der Waals surface area contributed by atoms with Gasteiger partial charge < -0.3 is 4.74 Å². The van der Waals surface area contributed by atoms with E-state index < -0.39 is 51.7 Å². The van der Waals surface area contributed by atoms with E-state index in [2.05, 4.69) is 14.9 Å². The number of carbonyl (C=O) groups excluding carboxylic acids is 1. The van der Waals surface area contributed by atoms with Crippen molar-refractivity contribution in [2.75, 3.05) is 19.1 Å². The fourth-order valence-electron chi connectivity index (χ4n) is 2.98. The Morgan fingerprint density at radius 3 is 2.25 bits per heavy atom. The molecule has 0 N–H and O–H groups in total. The highest BCUT2D eigenvalue weighted by Gasteiger charge is 2.42. The molecule has 2 heterocycles. The van der Waals surface area contributed by atoms with E-state index in [4.69, 9.17) is 11.6 Å². The quantitative estimate of drug-likeness (QED) is 0.484. The maximum absolute atomic E-state index is 13.9. The monoisotopic (exact) mass is 481 g/mol. The largest absolute Gasteiger partial charge is 0.452 e. The molecule has 0 aliphatic carbocycles. The van der Waals surface area contributed by atoms with Crippen LogP contribution in [-0.2, 0) is 24.1 Å². The van der Waals surface area contributed by atoms with Crippen LogP contribution in [0.4, 0.5) is 37.0 Å². The predicted molar refractivity (Wildman–Crippen MR) is 102 cm³/mol. The Labute approximate surface area is 181 Å². The average molecular weight is 482 g/mol. The van der Waals surface area contributed by atoms with Gasteiger partial charge in [-0.05, 0) is 23.8 Å². The number of aryl methyl sites for hydroxylation is 1. The summed E-state index contributed by atoms with van der Waals surface area (Å²) >= 11 is 5.79. The lowest BCUT2D eigenvalue weighted by molar-refractivity contribution is -0.140. The molecule has 1 amide bonds. The molecule has 0 fully saturated rings. The number of benzene rings is 1. The summed E-state index contributed by atoms with van der Waals surface area (Å²) in [5, 5.41) is 7.06. The van der Waals surface area contributed by atoms with Gasteiger partial charge in [-0.3, -0.25) is 9.58 Å². The van der Waals surface area contributed by atoms with Gasteiger partial charge in [0.2, 0.25) is 0 Å². The summed E-state index contributed by atoms with van der Waals surface area (Å²) in [7, 11) is 3.57. The number of hydrogen-bond donors (Lipinski definition) is 0. The lowest BCUT2D eigenvalue weighted by Gasteiger charge is -2.19. The van der Waals surface area contributed by atoms with Crippen molar-refractivity contribution in [3.8, 4) is 16.9 Å². The fraction of sp³-hybridized carbons (Fsp3) is 0.278. The molecule has 172 valence electrons. The van der Waals surface area contributed by atoms with Crippen LogP contribution in [-0.4, -0.2) is 39.8 Å². The number of nitrogens with zero attached hydrogens (tertiary/aromatic N) is 5. The van der Waals surface area contributed by atoms with Gasteiger partial charge in [-0.2, -0.15) is 41.2 Å². The lowest BCUT2D eigenvalue weighted by Crippen LogP contribution is -2.28. The first-order valence-electron chi connectivity index (χ1n) is 8.64. The molecule has 1 aromatic carbocycles. The highest BCUT2D eigenvalue weighted by molar-refractivity contribution is 6.31. The number of methoxy groups -OCH3 is 1. The highest BCUT2D eigenvalue weighted by atomic mass is 35.5. The van der Waals surface area contributed by atoms with Gasteiger partial charge >= 0.3 is 18.4 Å². The number of halogens is 7. The summed E-state index contributed by atoms with van der Waals surface area (Å²) < 4.78 is 88.3. The van der Waals surface area contributed by atoms with Crippen LogP contribution >= 0.6 is 11.6 Å². The van der Waals surface area contributed by atoms with Crippen LogP contribution in [0.25, 0.3) is 16.9 Å². The van der Waals surface area contributed by atoms with E-state index in [0.717, 1.165) is 20.2 Å². The SMILES string of the molecule is COC(=O)N(C)c1c(-c2cc(Cl)cc(C(F)(F)F)c2)c(C(F)(F)F)nn1-c1ccn(C)n1. The standard InChI is InChI=1S/C18H14ClF6N5O2/c1-28-5-4-12(26-28)30-15(29(2)16(31)32-3)13(14(27-30)18(23,24)25)9-6-10(17(20,21)22)8-11(19)7-9/h4-8H,1-3H3. The van der Waals surface area contributed by atoms with Crippen LogP contribution in [0, 0.1) is 0 Å². The van der Waals surface area contributed by atoms with Gasteiger partial charge in [-0.15, -0.1) is 0 Å². The third-order valence-corrected chi connectivity index (χ3v) is 4.54. The van der Waals surface area contributed by atoms with Gasteiger partial charge in [0.15, 0.2) is 17.3 Å². The molecule has 0 spiro atoms. The van der Waals surface area contributed by atoms with Gasteiger partial charge in [0.25, 0.3) is 0 Å². The second-order valence-electron chi connectivity index (χ2n) is 6.56. The Hall–Kier alpha value is -3.22. The number of rotatable bonds is 3. The molecule has 32 heavy (non-hydrogen) atoms. The molecule has 0 aliphatic heterocycles. The summed E-state index contributed by atoms with van der Waals surface area (Å²) in [6.07, 6.45) is -9.66. The predicted octanol–water partition coefficient (Wildman–Crippen LogP) is 5.17. The number of hydrogen-bond acceptors (Lipinski definition) is 4. The van der Waals surface area contributed by atoms with E-state index in [1.807, 2.05) is 0 Å². The van der Waals surface area contributed by atoms with Crippen molar-refractivity contribution < 1.29 is 35.9 Å². The second-order valence-corrected chi connectivity index (χ2v) is 7.00. The second kappa shape index (κ2) is 8.04. The summed E-state index contributed by atoms with van der Waals surface area (Å²) in [5.74, 6) is -0.633. The molecule has 0 saturated carbocycles. The van der Waals surface area contributed by atoms with Crippen LogP contribution in [0.15, 0.2) is 30.5 Å². The van der Waals surface area contributed by atoms with Crippen molar-refractivity contribution in [3.05, 3.63) is 46.7 Å². The van der Waals surface area contributed by atoms with Crippen LogP contribution in [0.5, 0.6) is 0 Å². The highest BCUT2D eigenvalue weighted by Crippen LogP contribution is 2.45. The first-order valence-corrected chi connectivity index (χ1v) is 9.02. The zero-order chi connectivity index (χ0) is 24.0. The molecular formula is C18H14ClF6N5O2. The average Bonchev–Trinajstić information content (AvgIpc) is 3.29. The Morgan fingerprint density at radius 1 is 1.09 bits per heavy atom. The van der Waals surface area contributed by atoms with Crippen molar-refractivity contribution in [1.29, 1.82) is 0 Å². The van der Waals surface area contributed by atoms with E-state index in [-0.39, 0.29) is 5.82 Å². The molecule has 0 atom stereocenters.